The van der Waals surface area contributed by atoms with E-state index in [4.69, 9.17) is 13.8 Å². The SMILES string of the molecule is CC/C=C\C/C=C\C/C=C\C/C=C\C/C=C\C/C=C\CCCCC(=O)OC(/C=C\CCCCCCCCCCCC)C(COP(=O)([O-])OCC[N+](C)(C)C)NC(=O)CCCCCCCCCCCCCCCCC/C=C/CCCCCCCC. The molecule has 0 fully saturated rings. The molecule has 0 aromatic heterocycles. The van der Waals surface area contributed by atoms with Gasteiger partial charge in [0.1, 0.15) is 19.3 Å². The molecule has 0 aliphatic carbocycles. The minimum Gasteiger partial charge on any atom is -0.756 e. The Morgan fingerprint density at radius 1 is 0.429 bits per heavy atom. The van der Waals surface area contributed by atoms with E-state index < -0.39 is 26.6 Å². The zero-order valence-electron chi connectivity index (χ0n) is 55.6. The Hall–Kier alpha value is -3.07. The highest BCUT2D eigenvalue weighted by Crippen LogP contribution is 2.38. The number of amides is 1. The number of carbonyl (C=O) groups is 2. The van der Waals surface area contributed by atoms with Gasteiger partial charge in [-0.25, -0.2) is 0 Å². The van der Waals surface area contributed by atoms with E-state index in [2.05, 4.69) is 111 Å². The van der Waals surface area contributed by atoms with Crippen LogP contribution in [-0.2, 0) is 27.9 Å². The number of phosphoric ester groups is 1. The van der Waals surface area contributed by atoms with E-state index in [9.17, 15) is 19.0 Å². The van der Waals surface area contributed by atoms with Crippen LogP contribution in [0.4, 0.5) is 0 Å². The minimum atomic E-state index is -4.72. The van der Waals surface area contributed by atoms with Crippen molar-refractivity contribution in [3.63, 3.8) is 0 Å². The number of allylic oxidation sites excluding steroid dienone is 15. The Balaban J connectivity index is 5.14. The number of rotatable bonds is 63. The number of phosphoric acid groups is 1. The topological polar surface area (TPSA) is 114 Å². The maximum absolute atomic E-state index is 13.6. The number of quaternary nitrogens is 1. The normalized spacial score (nSPS) is 14.1. The van der Waals surface area contributed by atoms with Crippen LogP contribution in [0, 0.1) is 0 Å². The molecule has 0 radical (unpaired) electrons. The maximum Gasteiger partial charge on any atom is 0.306 e. The van der Waals surface area contributed by atoms with Gasteiger partial charge in [0.05, 0.1) is 33.8 Å². The van der Waals surface area contributed by atoms with Gasteiger partial charge >= 0.3 is 5.97 Å². The average molecular weight is 1190 g/mol. The van der Waals surface area contributed by atoms with E-state index >= 15 is 0 Å². The molecular formula is C74H133N2O7P. The molecule has 0 aromatic rings. The van der Waals surface area contributed by atoms with Crippen molar-refractivity contribution in [3.05, 3.63) is 97.2 Å². The van der Waals surface area contributed by atoms with Crippen LogP contribution in [0.2, 0.25) is 0 Å². The van der Waals surface area contributed by atoms with E-state index in [1.807, 2.05) is 33.3 Å². The Morgan fingerprint density at radius 2 is 0.762 bits per heavy atom. The predicted octanol–water partition coefficient (Wildman–Crippen LogP) is 21.7. The van der Waals surface area contributed by atoms with Gasteiger partial charge in [-0.3, -0.25) is 14.2 Å². The van der Waals surface area contributed by atoms with Crippen molar-refractivity contribution in [3.8, 4) is 0 Å². The molecule has 0 saturated carbocycles. The van der Waals surface area contributed by atoms with E-state index in [1.165, 1.54) is 180 Å². The first kappa shape index (κ1) is 80.9. The third kappa shape index (κ3) is 63.4. The Labute approximate surface area is 519 Å². The predicted molar refractivity (Wildman–Crippen MR) is 362 cm³/mol. The standard InChI is InChI=1S/C74H133N2O7P/c1-7-10-13-16-19-22-25-28-30-32-34-36-37-38-39-41-42-44-46-48-51-54-57-60-63-66-73(77)75-71(70-82-84(79,80)81-69-68-76(4,5)6)72(65-62-59-56-53-50-27-24-21-18-15-12-9-3)83-74(78)67-64-61-58-55-52-49-47-45-43-40-35-33-31-29-26-23-20-17-14-11-8-2/h11,14,20,23,28-31,35,40,45,47,52,55,62,65,71-72H,7-10,12-13,15-19,21-22,24-27,32-34,36-39,41-44,46,48-51,53-54,56-61,63-64,66-70H2,1-6H3,(H-,75,77,79,80)/b14-11-,23-20-,30-28+,31-29-,40-35-,47-45-,55-52-,65-62-. The Kier molecular flexibility index (Phi) is 60.7. The largest absolute Gasteiger partial charge is 0.756 e. The lowest BCUT2D eigenvalue weighted by atomic mass is 10.0. The molecule has 0 aliphatic rings. The van der Waals surface area contributed by atoms with Crippen molar-refractivity contribution in [1.82, 2.24) is 5.32 Å². The van der Waals surface area contributed by atoms with Crippen molar-refractivity contribution < 1.29 is 37.3 Å². The minimum absolute atomic E-state index is 0.0325. The highest BCUT2D eigenvalue weighted by Gasteiger charge is 2.27. The molecule has 3 unspecified atom stereocenters. The summed E-state index contributed by atoms with van der Waals surface area (Å²) in [6.45, 7) is 6.72. The van der Waals surface area contributed by atoms with Crippen LogP contribution in [0.15, 0.2) is 97.2 Å². The number of unbranched alkanes of at least 4 members (excludes halogenated alkanes) is 33. The summed E-state index contributed by atoms with van der Waals surface area (Å²) in [5, 5.41) is 3.03. The molecule has 3 atom stereocenters. The molecule has 0 bridgehead atoms. The first-order valence-corrected chi connectivity index (χ1v) is 36.5. The zero-order chi connectivity index (χ0) is 61.4. The van der Waals surface area contributed by atoms with Gasteiger partial charge in [0.25, 0.3) is 7.82 Å². The molecule has 9 nitrogen and oxygen atoms in total. The van der Waals surface area contributed by atoms with Crippen molar-refractivity contribution in [2.75, 3.05) is 40.9 Å². The fourth-order valence-electron chi connectivity index (χ4n) is 9.87. The number of ether oxygens (including phenoxy) is 1. The number of nitrogens with one attached hydrogen (secondary N) is 1. The summed E-state index contributed by atoms with van der Waals surface area (Å²) in [6, 6.07) is -0.912. The highest BCUT2D eigenvalue weighted by atomic mass is 31.2. The molecule has 0 saturated heterocycles. The van der Waals surface area contributed by atoms with Crippen molar-refractivity contribution >= 4 is 19.7 Å². The molecule has 1 amide bonds. The molecular weight excluding hydrogens is 1060 g/mol. The molecule has 0 aliphatic heterocycles. The molecule has 0 aromatic carbocycles. The van der Waals surface area contributed by atoms with Crippen molar-refractivity contribution in [2.45, 2.75) is 322 Å². The Bertz CT molecular complexity index is 1760. The molecule has 0 rings (SSSR count). The summed E-state index contributed by atoms with van der Waals surface area (Å²) in [7, 11) is 1.16. The number of nitrogens with zero attached hydrogens (tertiary/aromatic N) is 1. The Morgan fingerprint density at radius 3 is 1.17 bits per heavy atom. The first-order chi connectivity index (χ1) is 40.9. The van der Waals surface area contributed by atoms with E-state index in [0.717, 1.165) is 89.9 Å². The second-order valence-corrected chi connectivity index (χ2v) is 26.1. The van der Waals surface area contributed by atoms with Crippen LogP contribution in [0.1, 0.15) is 310 Å². The molecule has 0 heterocycles. The summed E-state index contributed by atoms with van der Waals surface area (Å²) < 4.78 is 30.4. The lowest BCUT2D eigenvalue weighted by Gasteiger charge is -2.30. The summed E-state index contributed by atoms with van der Waals surface area (Å²) in [6.07, 6.45) is 85.4. The quantitative estimate of drug-likeness (QED) is 0.0212. The number of hydrogen-bond acceptors (Lipinski definition) is 7. The van der Waals surface area contributed by atoms with Gasteiger partial charge in [-0.1, -0.05) is 285 Å². The third-order valence-corrected chi connectivity index (χ3v) is 16.2. The summed E-state index contributed by atoms with van der Waals surface area (Å²) in [4.78, 5) is 40.1. The number of hydrogen-bond donors (Lipinski definition) is 1. The molecule has 1 N–H and O–H groups in total. The second-order valence-electron chi connectivity index (χ2n) is 24.6. The lowest BCUT2D eigenvalue weighted by Crippen LogP contribution is -2.47. The van der Waals surface area contributed by atoms with Crippen LogP contribution in [0.5, 0.6) is 0 Å². The molecule has 84 heavy (non-hydrogen) atoms. The second kappa shape index (κ2) is 63.0. The van der Waals surface area contributed by atoms with Gasteiger partial charge < -0.3 is 28.5 Å². The highest BCUT2D eigenvalue weighted by molar-refractivity contribution is 7.45. The van der Waals surface area contributed by atoms with Gasteiger partial charge in [-0.05, 0) is 109 Å². The fraction of sp³-hybridized carbons (Fsp3) is 0.757. The maximum atomic E-state index is 13.6. The van der Waals surface area contributed by atoms with Crippen molar-refractivity contribution in [2.24, 2.45) is 0 Å². The van der Waals surface area contributed by atoms with Gasteiger partial charge in [-0.2, -0.15) is 0 Å². The van der Waals surface area contributed by atoms with Gasteiger partial charge in [-0.15, -0.1) is 0 Å². The zero-order valence-corrected chi connectivity index (χ0v) is 56.5. The van der Waals surface area contributed by atoms with Crippen LogP contribution in [-0.4, -0.2) is 69.4 Å². The van der Waals surface area contributed by atoms with Gasteiger partial charge in [0.15, 0.2) is 0 Å². The number of likely N-dealkylation sites (N-methyl/N-ethyl adjacent to an activating group) is 1. The van der Waals surface area contributed by atoms with E-state index in [0.29, 0.717) is 23.9 Å². The van der Waals surface area contributed by atoms with Crippen LogP contribution in [0.25, 0.3) is 0 Å². The summed E-state index contributed by atoms with van der Waals surface area (Å²) in [5.41, 5.74) is 0. The van der Waals surface area contributed by atoms with Crippen LogP contribution in [0.3, 0.4) is 0 Å². The van der Waals surface area contributed by atoms with E-state index in [1.54, 1.807) is 0 Å². The third-order valence-electron chi connectivity index (χ3n) is 15.2. The molecule has 10 heteroatoms. The average Bonchev–Trinajstić information content (AvgIpc) is 3.65. The van der Waals surface area contributed by atoms with Gasteiger partial charge in [0.2, 0.25) is 5.91 Å². The van der Waals surface area contributed by atoms with E-state index in [-0.39, 0.29) is 24.9 Å². The number of esters is 1. The van der Waals surface area contributed by atoms with Gasteiger partial charge in [0, 0.05) is 12.8 Å². The molecule has 0 spiro atoms. The fourth-order valence-corrected chi connectivity index (χ4v) is 10.6. The number of carbonyl (C=O) groups excluding carboxylic acids is 2. The monoisotopic (exact) mass is 1190 g/mol. The summed E-state index contributed by atoms with van der Waals surface area (Å²) >= 11 is 0. The molecule has 486 valence electrons. The lowest BCUT2D eigenvalue weighted by molar-refractivity contribution is -0.870. The van der Waals surface area contributed by atoms with Crippen molar-refractivity contribution in [1.29, 1.82) is 0 Å². The first-order valence-electron chi connectivity index (χ1n) is 35.0. The van der Waals surface area contributed by atoms with Crippen LogP contribution >= 0.6 is 7.82 Å². The van der Waals surface area contributed by atoms with Crippen LogP contribution < -0.4 is 10.2 Å². The smallest absolute Gasteiger partial charge is 0.306 e. The summed E-state index contributed by atoms with van der Waals surface area (Å²) in [5.74, 6) is -0.587.